The molecular weight excluding hydrogens is 236 g/mol. The standard InChI is InChI=1S/C17H28O2/c1-14(2)6-4-7-15(3)10-11-19-17-9-5-8-16(12-17)13-18/h5,8-9,12,14-15,18H,4,6-7,10-11,13H2,1-3H3. The van der Waals surface area contributed by atoms with Crippen LogP contribution >= 0.6 is 0 Å². The molecule has 0 aromatic heterocycles. The monoisotopic (exact) mass is 264 g/mol. The quantitative estimate of drug-likeness (QED) is 0.716. The molecule has 0 spiro atoms. The fourth-order valence-corrected chi connectivity index (χ4v) is 2.13. The second kappa shape index (κ2) is 8.98. The highest BCUT2D eigenvalue weighted by molar-refractivity contribution is 5.27. The van der Waals surface area contributed by atoms with E-state index in [4.69, 9.17) is 9.84 Å². The molecule has 2 heteroatoms. The van der Waals surface area contributed by atoms with E-state index in [1.807, 2.05) is 24.3 Å². The molecule has 0 saturated carbocycles. The van der Waals surface area contributed by atoms with Gasteiger partial charge in [-0.1, -0.05) is 52.2 Å². The van der Waals surface area contributed by atoms with Gasteiger partial charge in [-0.15, -0.1) is 0 Å². The van der Waals surface area contributed by atoms with Crippen LogP contribution in [0.1, 0.15) is 52.0 Å². The van der Waals surface area contributed by atoms with E-state index >= 15 is 0 Å². The summed E-state index contributed by atoms with van der Waals surface area (Å²) < 4.78 is 5.74. The van der Waals surface area contributed by atoms with E-state index < -0.39 is 0 Å². The van der Waals surface area contributed by atoms with Crippen LogP contribution in [0.5, 0.6) is 5.75 Å². The Morgan fingerprint density at radius 3 is 2.58 bits per heavy atom. The molecule has 0 aliphatic heterocycles. The van der Waals surface area contributed by atoms with Crippen molar-refractivity contribution in [2.75, 3.05) is 6.61 Å². The molecule has 1 rings (SSSR count). The summed E-state index contributed by atoms with van der Waals surface area (Å²) in [4.78, 5) is 0. The Kier molecular flexibility index (Phi) is 7.57. The molecule has 1 aromatic rings. The predicted octanol–water partition coefficient (Wildman–Crippen LogP) is 4.41. The molecule has 108 valence electrons. The highest BCUT2D eigenvalue weighted by Crippen LogP contribution is 2.17. The maximum Gasteiger partial charge on any atom is 0.119 e. The lowest BCUT2D eigenvalue weighted by molar-refractivity contribution is 0.269. The normalized spacial score (nSPS) is 12.7. The fraction of sp³-hybridized carbons (Fsp3) is 0.647. The molecule has 0 saturated heterocycles. The largest absolute Gasteiger partial charge is 0.494 e. The Hall–Kier alpha value is -1.02. The smallest absolute Gasteiger partial charge is 0.119 e. The number of ether oxygens (including phenoxy) is 1. The molecule has 0 aliphatic carbocycles. The van der Waals surface area contributed by atoms with Crippen molar-refractivity contribution < 1.29 is 9.84 Å². The van der Waals surface area contributed by atoms with Crippen LogP contribution in [0.2, 0.25) is 0 Å². The Balaban J connectivity index is 2.18. The third-order valence-corrected chi connectivity index (χ3v) is 3.44. The summed E-state index contributed by atoms with van der Waals surface area (Å²) >= 11 is 0. The minimum atomic E-state index is 0.0722. The van der Waals surface area contributed by atoms with Crippen LogP contribution in [-0.2, 0) is 6.61 Å². The Morgan fingerprint density at radius 2 is 1.89 bits per heavy atom. The maximum absolute atomic E-state index is 9.06. The highest BCUT2D eigenvalue weighted by atomic mass is 16.5. The third-order valence-electron chi connectivity index (χ3n) is 3.44. The molecule has 1 atom stereocenters. The number of hydrogen-bond donors (Lipinski definition) is 1. The molecular formula is C17H28O2. The Morgan fingerprint density at radius 1 is 1.11 bits per heavy atom. The van der Waals surface area contributed by atoms with Crippen LogP contribution in [0.3, 0.4) is 0 Å². The van der Waals surface area contributed by atoms with E-state index in [2.05, 4.69) is 20.8 Å². The van der Waals surface area contributed by atoms with E-state index in [-0.39, 0.29) is 6.61 Å². The molecule has 19 heavy (non-hydrogen) atoms. The number of hydrogen-bond acceptors (Lipinski definition) is 2. The molecule has 0 heterocycles. The van der Waals surface area contributed by atoms with Gasteiger partial charge in [0.15, 0.2) is 0 Å². The summed E-state index contributed by atoms with van der Waals surface area (Å²) in [6, 6.07) is 7.68. The first kappa shape index (κ1) is 16.0. The van der Waals surface area contributed by atoms with Crippen molar-refractivity contribution in [2.24, 2.45) is 11.8 Å². The van der Waals surface area contributed by atoms with Gasteiger partial charge in [0.05, 0.1) is 13.2 Å². The molecule has 0 fully saturated rings. The zero-order valence-electron chi connectivity index (χ0n) is 12.6. The lowest BCUT2D eigenvalue weighted by atomic mass is 9.98. The van der Waals surface area contributed by atoms with E-state index in [1.54, 1.807) is 0 Å². The number of aliphatic hydroxyl groups excluding tert-OH is 1. The topological polar surface area (TPSA) is 29.5 Å². The maximum atomic E-state index is 9.06. The van der Waals surface area contributed by atoms with Gasteiger partial charge in [0.25, 0.3) is 0 Å². The summed E-state index contributed by atoms with van der Waals surface area (Å²) in [7, 11) is 0. The van der Waals surface area contributed by atoms with Crippen molar-refractivity contribution in [3.05, 3.63) is 29.8 Å². The van der Waals surface area contributed by atoms with Gasteiger partial charge >= 0.3 is 0 Å². The summed E-state index contributed by atoms with van der Waals surface area (Å²) in [5.41, 5.74) is 0.905. The highest BCUT2D eigenvalue weighted by Gasteiger charge is 2.04. The van der Waals surface area contributed by atoms with Crippen molar-refractivity contribution in [2.45, 2.75) is 53.1 Å². The first-order valence-electron chi connectivity index (χ1n) is 7.44. The molecule has 0 radical (unpaired) electrons. The summed E-state index contributed by atoms with van der Waals surface area (Å²) in [6.45, 7) is 7.69. The van der Waals surface area contributed by atoms with E-state index in [9.17, 15) is 0 Å². The van der Waals surface area contributed by atoms with Crippen LogP contribution < -0.4 is 4.74 Å². The van der Waals surface area contributed by atoms with Crippen LogP contribution in [0.15, 0.2) is 24.3 Å². The van der Waals surface area contributed by atoms with Crippen molar-refractivity contribution in [3.8, 4) is 5.75 Å². The summed E-state index contributed by atoms with van der Waals surface area (Å²) in [5, 5.41) is 9.06. The van der Waals surface area contributed by atoms with Crippen LogP contribution in [0.25, 0.3) is 0 Å². The second-order valence-electron chi connectivity index (χ2n) is 5.87. The van der Waals surface area contributed by atoms with Gasteiger partial charge in [-0.25, -0.2) is 0 Å². The van der Waals surface area contributed by atoms with Crippen molar-refractivity contribution >= 4 is 0 Å². The van der Waals surface area contributed by atoms with E-state index in [1.165, 1.54) is 19.3 Å². The first-order valence-corrected chi connectivity index (χ1v) is 7.44. The molecule has 0 aliphatic rings. The lowest BCUT2D eigenvalue weighted by Crippen LogP contribution is -2.05. The lowest BCUT2D eigenvalue weighted by Gasteiger charge is -2.13. The third kappa shape index (κ3) is 7.22. The average Bonchev–Trinajstić information content (AvgIpc) is 2.38. The van der Waals surface area contributed by atoms with Crippen LogP contribution in [-0.4, -0.2) is 11.7 Å². The van der Waals surface area contributed by atoms with E-state index in [0.29, 0.717) is 0 Å². The Labute approximate surface area is 117 Å². The van der Waals surface area contributed by atoms with Gasteiger partial charge in [0, 0.05) is 0 Å². The molecule has 1 unspecified atom stereocenters. The van der Waals surface area contributed by atoms with Crippen molar-refractivity contribution in [1.29, 1.82) is 0 Å². The second-order valence-corrected chi connectivity index (χ2v) is 5.87. The molecule has 2 nitrogen and oxygen atoms in total. The van der Waals surface area contributed by atoms with Gasteiger partial charge in [-0.3, -0.25) is 0 Å². The number of aliphatic hydroxyl groups is 1. The van der Waals surface area contributed by atoms with Gasteiger partial charge in [-0.05, 0) is 36.0 Å². The van der Waals surface area contributed by atoms with Crippen molar-refractivity contribution in [1.82, 2.24) is 0 Å². The minimum Gasteiger partial charge on any atom is -0.494 e. The predicted molar refractivity (Wildman–Crippen MR) is 80.3 cm³/mol. The van der Waals surface area contributed by atoms with Crippen LogP contribution in [0.4, 0.5) is 0 Å². The Bertz CT molecular complexity index is 347. The average molecular weight is 264 g/mol. The molecule has 1 N–H and O–H groups in total. The fourth-order valence-electron chi connectivity index (χ4n) is 2.13. The minimum absolute atomic E-state index is 0.0722. The summed E-state index contributed by atoms with van der Waals surface area (Å²) in [6.07, 6.45) is 5.03. The first-order chi connectivity index (χ1) is 9.11. The van der Waals surface area contributed by atoms with Gasteiger partial charge in [-0.2, -0.15) is 0 Å². The molecule has 0 amide bonds. The van der Waals surface area contributed by atoms with E-state index in [0.717, 1.165) is 36.2 Å². The van der Waals surface area contributed by atoms with Gasteiger partial charge < -0.3 is 9.84 Å². The summed E-state index contributed by atoms with van der Waals surface area (Å²) in [5.74, 6) is 2.39. The zero-order chi connectivity index (χ0) is 14.1. The van der Waals surface area contributed by atoms with Gasteiger partial charge in [0.2, 0.25) is 0 Å². The molecule has 0 bridgehead atoms. The zero-order valence-corrected chi connectivity index (χ0v) is 12.6. The van der Waals surface area contributed by atoms with Gasteiger partial charge in [0.1, 0.15) is 5.75 Å². The molecule has 1 aromatic carbocycles. The number of benzene rings is 1. The van der Waals surface area contributed by atoms with Crippen LogP contribution in [0, 0.1) is 11.8 Å². The van der Waals surface area contributed by atoms with Crippen molar-refractivity contribution in [3.63, 3.8) is 0 Å². The number of rotatable bonds is 9. The SMILES string of the molecule is CC(C)CCCC(C)CCOc1cccc(CO)c1.